The van der Waals surface area contributed by atoms with Crippen molar-refractivity contribution >= 4 is 0 Å². The molecule has 31 heavy (non-hydrogen) atoms. The number of hydrogen-bond donors (Lipinski definition) is 0. The molecular formula is C31H40. The number of benzene rings is 2. The van der Waals surface area contributed by atoms with Gasteiger partial charge < -0.3 is 0 Å². The van der Waals surface area contributed by atoms with Crippen LogP contribution in [-0.2, 0) is 18.3 Å². The molecule has 3 fully saturated rings. The van der Waals surface area contributed by atoms with Gasteiger partial charge in [0.15, 0.2) is 0 Å². The van der Waals surface area contributed by atoms with Gasteiger partial charge in [-0.1, -0.05) is 81.3 Å². The third-order valence-electron chi connectivity index (χ3n) is 8.13. The summed E-state index contributed by atoms with van der Waals surface area (Å²) in [5.41, 5.74) is 6.43. The van der Waals surface area contributed by atoms with E-state index in [4.69, 9.17) is 0 Å². The minimum absolute atomic E-state index is 0.266. The molecule has 164 valence electrons. The zero-order chi connectivity index (χ0) is 21.6. The van der Waals surface area contributed by atoms with Gasteiger partial charge >= 0.3 is 0 Å². The highest BCUT2D eigenvalue weighted by atomic mass is 14.5. The number of rotatable bonds is 8. The molecule has 0 radical (unpaired) electrons. The maximum Gasteiger partial charge on any atom is 0.0319 e. The van der Waals surface area contributed by atoms with Crippen molar-refractivity contribution < 1.29 is 0 Å². The quantitative estimate of drug-likeness (QED) is 0.301. The predicted molar refractivity (Wildman–Crippen MR) is 133 cm³/mol. The van der Waals surface area contributed by atoms with Crippen LogP contribution in [0.25, 0.3) is 0 Å². The van der Waals surface area contributed by atoms with Crippen molar-refractivity contribution in [3.05, 3.63) is 70.8 Å². The first-order valence-electron chi connectivity index (χ1n) is 12.9. The Hall–Kier alpha value is -2.00. The molecule has 2 bridgehead atoms. The van der Waals surface area contributed by atoms with Crippen molar-refractivity contribution in [3.8, 4) is 11.8 Å². The topological polar surface area (TPSA) is 0 Å². The van der Waals surface area contributed by atoms with Crippen molar-refractivity contribution in [2.24, 2.45) is 5.41 Å². The monoisotopic (exact) mass is 412 g/mol. The van der Waals surface area contributed by atoms with Gasteiger partial charge in [0.2, 0.25) is 0 Å². The average molecular weight is 413 g/mol. The summed E-state index contributed by atoms with van der Waals surface area (Å²) in [6, 6.07) is 18.7. The first kappa shape index (κ1) is 22.2. The average Bonchev–Trinajstić information content (AvgIpc) is 2.84. The van der Waals surface area contributed by atoms with Gasteiger partial charge in [0, 0.05) is 11.0 Å². The second-order valence-electron chi connectivity index (χ2n) is 10.3. The van der Waals surface area contributed by atoms with Crippen LogP contribution in [0.15, 0.2) is 48.5 Å². The van der Waals surface area contributed by atoms with Crippen molar-refractivity contribution in [1.29, 1.82) is 0 Å². The molecule has 5 rings (SSSR count). The second-order valence-corrected chi connectivity index (χ2v) is 10.3. The first-order chi connectivity index (χ1) is 15.2. The summed E-state index contributed by atoms with van der Waals surface area (Å²) in [7, 11) is 0. The zero-order valence-corrected chi connectivity index (χ0v) is 19.8. The van der Waals surface area contributed by atoms with Crippen LogP contribution in [0.1, 0.15) is 107 Å². The van der Waals surface area contributed by atoms with E-state index >= 15 is 0 Å². The van der Waals surface area contributed by atoms with Crippen LogP contribution in [0.5, 0.6) is 0 Å². The van der Waals surface area contributed by atoms with Crippen LogP contribution in [0.4, 0.5) is 0 Å². The van der Waals surface area contributed by atoms with Crippen LogP contribution in [0, 0.1) is 17.3 Å². The summed E-state index contributed by atoms with van der Waals surface area (Å²) in [4.78, 5) is 0. The Kier molecular flexibility index (Phi) is 7.22. The zero-order valence-electron chi connectivity index (χ0n) is 19.8. The minimum atomic E-state index is 0.266. The lowest BCUT2D eigenvalue weighted by molar-refractivity contribution is 0.0865. The molecule has 0 unspecified atom stereocenters. The Morgan fingerprint density at radius 2 is 1.19 bits per heavy atom. The molecule has 3 aliphatic carbocycles. The van der Waals surface area contributed by atoms with E-state index in [1.807, 2.05) is 0 Å². The van der Waals surface area contributed by atoms with E-state index in [0.717, 1.165) is 0 Å². The Labute approximate surface area is 190 Å². The maximum atomic E-state index is 3.76. The summed E-state index contributed by atoms with van der Waals surface area (Å²) in [6.07, 6.45) is 16.7. The minimum Gasteiger partial charge on any atom is -0.0911 e. The summed E-state index contributed by atoms with van der Waals surface area (Å²) < 4.78 is 0. The summed E-state index contributed by atoms with van der Waals surface area (Å²) in [6.45, 7) is 4.54. The van der Waals surface area contributed by atoms with Gasteiger partial charge in [0.05, 0.1) is 0 Å². The Morgan fingerprint density at radius 3 is 1.77 bits per heavy atom. The van der Waals surface area contributed by atoms with E-state index in [0.29, 0.717) is 5.41 Å². The summed E-state index contributed by atoms with van der Waals surface area (Å²) in [5, 5.41) is 0. The molecule has 2 aromatic carbocycles. The molecule has 2 aromatic rings. The van der Waals surface area contributed by atoms with Gasteiger partial charge in [-0.3, -0.25) is 0 Å². The Morgan fingerprint density at radius 1 is 0.645 bits per heavy atom. The maximum absolute atomic E-state index is 3.76. The van der Waals surface area contributed by atoms with Crippen LogP contribution in [0.2, 0.25) is 0 Å². The fraction of sp³-hybridized carbons (Fsp3) is 0.548. The molecule has 0 heterocycles. The van der Waals surface area contributed by atoms with Crippen LogP contribution in [-0.4, -0.2) is 0 Å². The first-order valence-corrected chi connectivity index (χ1v) is 12.9. The fourth-order valence-electron chi connectivity index (χ4n) is 5.75. The summed E-state index contributed by atoms with van der Waals surface area (Å²) >= 11 is 0. The molecule has 0 nitrogen and oxygen atoms in total. The van der Waals surface area contributed by atoms with Gasteiger partial charge in [0.25, 0.3) is 0 Å². The normalized spacial score (nSPS) is 24.6. The SMILES string of the molecule is CCCCCc1ccc(C#CC23CCC(c4ccc(CCCC)cc4)(CC2)CC3)cc1. The predicted octanol–water partition coefficient (Wildman–Crippen LogP) is 8.41. The lowest BCUT2D eigenvalue weighted by atomic mass is 9.52. The number of fused-ring (bicyclic) bond motifs is 3. The van der Waals surface area contributed by atoms with Crippen LogP contribution >= 0.6 is 0 Å². The Bertz CT molecular complexity index is 863. The lowest BCUT2D eigenvalue weighted by Gasteiger charge is -2.51. The van der Waals surface area contributed by atoms with E-state index in [1.54, 1.807) is 5.56 Å². The lowest BCUT2D eigenvalue weighted by Crippen LogP contribution is -2.43. The highest BCUT2D eigenvalue weighted by Crippen LogP contribution is 2.57. The van der Waals surface area contributed by atoms with Gasteiger partial charge in [-0.2, -0.15) is 0 Å². The molecule has 0 aliphatic heterocycles. The number of hydrogen-bond acceptors (Lipinski definition) is 0. The van der Waals surface area contributed by atoms with Gasteiger partial charge in [-0.25, -0.2) is 0 Å². The van der Waals surface area contributed by atoms with Crippen LogP contribution < -0.4 is 0 Å². The van der Waals surface area contributed by atoms with E-state index in [9.17, 15) is 0 Å². The van der Waals surface area contributed by atoms with Crippen molar-refractivity contribution in [3.63, 3.8) is 0 Å². The summed E-state index contributed by atoms with van der Waals surface area (Å²) in [5.74, 6) is 7.32. The third-order valence-corrected chi connectivity index (χ3v) is 8.13. The number of aryl methyl sites for hydroxylation is 2. The number of unbranched alkanes of at least 4 members (excludes halogenated alkanes) is 3. The van der Waals surface area contributed by atoms with Gasteiger partial charge in [-0.15, -0.1) is 0 Å². The van der Waals surface area contributed by atoms with E-state index in [2.05, 4.69) is 74.2 Å². The van der Waals surface area contributed by atoms with Gasteiger partial charge in [0.1, 0.15) is 0 Å². The smallest absolute Gasteiger partial charge is 0.0319 e. The van der Waals surface area contributed by atoms with E-state index in [1.165, 1.54) is 100 Å². The molecule has 0 aromatic heterocycles. The molecule has 3 aliphatic rings. The van der Waals surface area contributed by atoms with Crippen molar-refractivity contribution in [1.82, 2.24) is 0 Å². The third kappa shape index (κ3) is 5.26. The molecule has 3 saturated carbocycles. The second kappa shape index (κ2) is 10.1. The highest BCUT2D eigenvalue weighted by Gasteiger charge is 2.48. The van der Waals surface area contributed by atoms with Crippen molar-refractivity contribution in [2.45, 2.75) is 103 Å². The molecule has 0 N–H and O–H groups in total. The molecule has 0 atom stereocenters. The molecular weight excluding hydrogens is 372 g/mol. The van der Waals surface area contributed by atoms with Crippen LogP contribution in [0.3, 0.4) is 0 Å². The molecule has 0 amide bonds. The van der Waals surface area contributed by atoms with Gasteiger partial charge in [-0.05, 0) is 98.4 Å². The molecule has 0 heteroatoms. The van der Waals surface area contributed by atoms with E-state index < -0.39 is 0 Å². The molecule has 0 saturated heterocycles. The molecule has 0 spiro atoms. The fourth-order valence-corrected chi connectivity index (χ4v) is 5.75. The largest absolute Gasteiger partial charge is 0.0911 e. The Balaban J connectivity index is 1.37. The van der Waals surface area contributed by atoms with E-state index in [-0.39, 0.29) is 5.41 Å². The van der Waals surface area contributed by atoms with Crippen molar-refractivity contribution in [2.75, 3.05) is 0 Å². The highest BCUT2D eigenvalue weighted by molar-refractivity contribution is 5.39. The standard InChI is InChI=1S/C31H40/c1-3-5-7-9-27-10-12-28(13-11-27)18-19-30-20-23-31(24-21-30,25-22-30)29-16-14-26(15-17-29)8-6-4-2/h10-17H,3-9,20-25H2,1-2H3.